The fraction of sp³-hybridized carbons (Fsp3) is 0.118. The van der Waals surface area contributed by atoms with Crippen LogP contribution in [0.5, 0.6) is 0 Å². The topological polar surface area (TPSA) is 52.2 Å². The molecule has 0 aliphatic carbocycles. The SMILES string of the molecule is Cn1c(=O)c2ccccc2n2c(CSc3ccc(Cl)cc3)nnc12. The minimum atomic E-state index is -0.0672. The van der Waals surface area contributed by atoms with E-state index in [1.165, 1.54) is 4.57 Å². The number of halogens is 1. The fourth-order valence-corrected chi connectivity index (χ4v) is 3.60. The molecule has 0 radical (unpaired) electrons. The van der Waals surface area contributed by atoms with Gasteiger partial charge in [0.25, 0.3) is 5.56 Å². The monoisotopic (exact) mass is 356 g/mol. The summed E-state index contributed by atoms with van der Waals surface area (Å²) < 4.78 is 3.48. The smallest absolute Gasteiger partial charge is 0.262 e. The molecular weight excluding hydrogens is 344 g/mol. The highest BCUT2D eigenvalue weighted by Crippen LogP contribution is 2.24. The minimum absolute atomic E-state index is 0.0672. The molecule has 0 spiro atoms. The average molecular weight is 357 g/mol. The largest absolute Gasteiger partial charge is 0.279 e. The maximum absolute atomic E-state index is 12.4. The fourth-order valence-electron chi connectivity index (χ4n) is 2.66. The van der Waals surface area contributed by atoms with E-state index in [9.17, 15) is 4.79 Å². The van der Waals surface area contributed by atoms with Crippen molar-refractivity contribution in [1.82, 2.24) is 19.2 Å². The Kier molecular flexibility index (Phi) is 3.78. The number of benzene rings is 2. The number of para-hydroxylation sites is 1. The van der Waals surface area contributed by atoms with Gasteiger partial charge in [-0.2, -0.15) is 0 Å². The van der Waals surface area contributed by atoms with Crippen LogP contribution in [0.15, 0.2) is 58.2 Å². The lowest BCUT2D eigenvalue weighted by molar-refractivity contribution is 0.858. The standard InChI is InChI=1S/C17H13ClN4OS/c1-21-16(23)13-4-2-3-5-14(13)22-15(19-20-17(21)22)10-24-12-8-6-11(18)7-9-12/h2-9H,10H2,1H3. The molecule has 0 aliphatic heterocycles. The van der Waals surface area contributed by atoms with Crippen molar-refractivity contribution in [1.29, 1.82) is 0 Å². The Hall–Kier alpha value is -2.31. The minimum Gasteiger partial charge on any atom is -0.279 e. The second-order valence-corrected chi connectivity index (χ2v) is 6.86. The van der Waals surface area contributed by atoms with Gasteiger partial charge in [-0.05, 0) is 36.4 Å². The van der Waals surface area contributed by atoms with Crippen LogP contribution in [0.2, 0.25) is 5.02 Å². The Bertz CT molecular complexity index is 1100. The number of hydrogen-bond acceptors (Lipinski definition) is 4. The zero-order valence-electron chi connectivity index (χ0n) is 12.8. The molecule has 4 aromatic rings. The molecule has 0 saturated heterocycles. The number of fused-ring (bicyclic) bond motifs is 3. The second-order valence-electron chi connectivity index (χ2n) is 5.38. The lowest BCUT2D eigenvalue weighted by atomic mass is 10.2. The normalized spacial score (nSPS) is 11.4. The van der Waals surface area contributed by atoms with Crippen molar-refractivity contribution in [2.45, 2.75) is 10.6 Å². The third-order valence-electron chi connectivity index (χ3n) is 3.87. The van der Waals surface area contributed by atoms with E-state index in [1.54, 1.807) is 18.8 Å². The van der Waals surface area contributed by atoms with Crippen LogP contribution in [0.4, 0.5) is 0 Å². The van der Waals surface area contributed by atoms with Gasteiger partial charge in [0.05, 0.1) is 16.7 Å². The number of aromatic nitrogens is 4. The van der Waals surface area contributed by atoms with Crippen LogP contribution in [-0.4, -0.2) is 19.2 Å². The summed E-state index contributed by atoms with van der Waals surface area (Å²) in [4.78, 5) is 13.5. The van der Waals surface area contributed by atoms with E-state index in [2.05, 4.69) is 10.2 Å². The van der Waals surface area contributed by atoms with Crippen molar-refractivity contribution in [2.75, 3.05) is 0 Å². The van der Waals surface area contributed by atoms with E-state index < -0.39 is 0 Å². The molecule has 120 valence electrons. The number of rotatable bonds is 3. The molecule has 0 atom stereocenters. The summed E-state index contributed by atoms with van der Waals surface area (Å²) in [5.74, 6) is 1.99. The molecule has 0 saturated carbocycles. The predicted octanol–water partition coefficient (Wildman–Crippen LogP) is 3.53. The van der Waals surface area contributed by atoms with Gasteiger partial charge in [0, 0.05) is 17.0 Å². The highest BCUT2D eigenvalue weighted by molar-refractivity contribution is 7.98. The van der Waals surface area contributed by atoms with Gasteiger partial charge in [-0.3, -0.25) is 13.8 Å². The summed E-state index contributed by atoms with van der Waals surface area (Å²) in [7, 11) is 1.72. The molecule has 5 nitrogen and oxygen atoms in total. The predicted molar refractivity (Wildman–Crippen MR) is 96.7 cm³/mol. The van der Waals surface area contributed by atoms with Crippen LogP contribution in [-0.2, 0) is 12.8 Å². The molecule has 0 unspecified atom stereocenters. The lowest BCUT2D eigenvalue weighted by Crippen LogP contribution is -2.20. The summed E-state index contributed by atoms with van der Waals surface area (Å²) in [5, 5.41) is 9.86. The van der Waals surface area contributed by atoms with Gasteiger partial charge in [-0.1, -0.05) is 23.7 Å². The highest BCUT2D eigenvalue weighted by atomic mass is 35.5. The van der Waals surface area contributed by atoms with E-state index in [0.29, 0.717) is 21.9 Å². The highest BCUT2D eigenvalue weighted by Gasteiger charge is 2.14. The molecule has 7 heteroatoms. The van der Waals surface area contributed by atoms with E-state index in [4.69, 9.17) is 11.6 Å². The molecule has 0 amide bonds. The Morgan fingerprint density at radius 1 is 1.08 bits per heavy atom. The summed E-state index contributed by atoms with van der Waals surface area (Å²) in [6, 6.07) is 15.2. The molecule has 4 rings (SSSR count). The maximum Gasteiger partial charge on any atom is 0.262 e. The van der Waals surface area contributed by atoms with Gasteiger partial charge in [-0.25, -0.2) is 0 Å². The molecule has 24 heavy (non-hydrogen) atoms. The molecule has 2 heterocycles. The van der Waals surface area contributed by atoms with E-state index in [1.807, 2.05) is 52.9 Å². The Balaban J connectivity index is 1.82. The molecule has 2 aromatic carbocycles. The number of hydrogen-bond donors (Lipinski definition) is 0. The first kappa shape index (κ1) is 15.2. The van der Waals surface area contributed by atoms with Crippen molar-refractivity contribution >= 4 is 40.0 Å². The van der Waals surface area contributed by atoms with Crippen molar-refractivity contribution in [3.63, 3.8) is 0 Å². The van der Waals surface area contributed by atoms with Crippen molar-refractivity contribution in [3.05, 3.63) is 69.7 Å². The first-order valence-electron chi connectivity index (χ1n) is 7.35. The number of nitrogens with zero attached hydrogens (tertiary/aromatic N) is 4. The van der Waals surface area contributed by atoms with Crippen molar-refractivity contribution in [2.24, 2.45) is 7.05 Å². The molecular formula is C17H13ClN4OS. The lowest BCUT2D eigenvalue weighted by Gasteiger charge is -2.07. The van der Waals surface area contributed by atoms with Gasteiger partial charge in [0.2, 0.25) is 5.78 Å². The van der Waals surface area contributed by atoms with Crippen LogP contribution in [0.25, 0.3) is 16.7 Å². The van der Waals surface area contributed by atoms with Crippen LogP contribution >= 0.6 is 23.4 Å². The number of thioether (sulfide) groups is 1. The van der Waals surface area contributed by atoms with Gasteiger partial charge in [0.1, 0.15) is 5.82 Å². The summed E-state index contributed by atoms with van der Waals surface area (Å²) in [6.07, 6.45) is 0. The third kappa shape index (κ3) is 2.48. The zero-order valence-corrected chi connectivity index (χ0v) is 14.4. The van der Waals surface area contributed by atoms with E-state index >= 15 is 0 Å². The zero-order chi connectivity index (χ0) is 16.7. The van der Waals surface area contributed by atoms with Gasteiger partial charge in [0.15, 0.2) is 0 Å². The first-order chi connectivity index (χ1) is 11.6. The molecule has 0 bridgehead atoms. The molecule has 2 aromatic heterocycles. The van der Waals surface area contributed by atoms with Crippen LogP contribution in [0, 0.1) is 0 Å². The summed E-state index contributed by atoms with van der Waals surface area (Å²) in [6.45, 7) is 0. The second kappa shape index (κ2) is 5.96. The summed E-state index contributed by atoms with van der Waals surface area (Å²) in [5.41, 5.74) is 0.759. The van der Waals surface area contributed by atoms with E-state index in [0.717, 1.165) is 16.2 Å². The third-order valence-corrected chi connectivity index (χ3v) is 5.13. The molecule has 0 aliphatic rings. The van der Waals surface area contributed by atoms with Crippen molar-refractivity contribution in [3.8, 4) is 0 Å². The van der Waals surface area contributed by atoms with Crippen LogP contribution < -0.4 is 5.56 Å². The first-order valence-corrected chi connectivity index (χ1v) is 8.71. The van der Waals surface area contributed by atoms with Crippen molar-refractivity contribution < 1.29 is 0 Å². The van der Waals surface area contributed by atoms with E-state index in [-0.39, 0.29) is 5.56 Å². The van der Waals surface area contributed by atoms with Crippen LogP contribution in [0.1, 0.15) is 5.82 Å². The Morgan fingerprint density at radius 2 is 1.83 bits per heavy atom. The molecule has 0 N–H and O–H groups in total. The van der Waals surface area contributed by atoms with Gasteiger partial charge < -0.3 is 0 Å². The maximum atomic E-state index is 12.4. The van der Waals surface area contributed by atoms with Gasteiger partial charge in [-0.15, -0.1) is 22.0 Å². The summed E-state index contributed by atoms with van der Waals surface area (Å²) >= 11 is 7.57. The molecule has 0 fully saturated rings. The van der Waals surface area contributed by atoms with Crippen LogP contribution in [0.3, 0.4) is 0 Å². The Labute approximate surface area is 146 Å². The quantitative estimate of drug-likeness (QED) is 0.527. The Morgan fingerprint density at radius 3 is 2.62 bits per heavy atom. The van der Waals surface area contributed by atoms with Gasteiger partial charge >= 0.3 is 0 Å². The average Bonchev–Trinajstić information content (AvgIpc) is 3.03. The number of aryl methyl sites for hydroxylation is 1.